The first-order valence-electron chi connectivity index (χ1n) is 7.45. The first-order chi connectivity index (χ1) is 11.5. The summed E-state index contributed by atoms with van der Waals surface area (Å²) in [4.78, 5) is 21.4. The van der Waals surface area contributed by atoms with Crippen LogP contribution in [-0.2, 0) is 4.79 Å². The molecule has 0 unspecified atom stereocenters. The Morgan fingerprint density at radius 3 is 2.75 bits per heavy atom. The van der Waals surface area contributed by atoms with Crippen molar-refractivity contribution in [3.63, 3.8) is 0 Å². The van der Waals surface area contributed by atoms with E-state index in [1.54, 1.807) is 23.5 Å². The van der Waals surface area contributed by atoms with E-state index in [1.807, 2.05) is 19.9 Å². The highest BCUT2D eigenvalue weighted by molar-refractivity contribution is 8.00. The average molecular weight is 361 g/mol. The topological polar surface area (TPSA) is 54.9 Å². The standard InChI is InChI=1S/C17H16FN3OS2/c1-10(2)21-15(22)8-23-17-16-13(19-9-20-17)7-14(24-16)11-3-5-12(18)6-4-11/h3-7,9-10H,8H2,1-2H3,(H,21,22). The van der Waals surface area contributed by atoms with Crippen molar-refractivity contribution < 1.29 is 9.18 Å². The van der Waals surface area contributed by atoms with E-state index >= 15 is 0 Å². The molecule has 7 heteroatoms. The Kier molecular flexibility index (Phi) is 5.11. The van der Waals surface area contributed by atoms with Crippen molar-refractivity contribution in [3.8, 4) is 10.4 Å². The fourth-order valence-electron chi connectivity index (χ4n) is 2.19. The van der Waals surface area contributed by atoms with E-state index in [-0.39, 0.29) is 17.8 Å². The van der Waals surface area contributed by atoms with Gasteiger partial charge < -0.3 is 5.32 Å². The third-order valence-corrected chi connectivity index (χ3v) is 5.50. The maximum Gasteiger partial charge on any atom is 0.230 e. The van der Waals surface area contributed by atoms with Gasteiger partial charge in [-0.3, -0.25) is 4.79 Å². The lowest BCUT2D eigenvalue weighted by Crippen LogP contribution is -2.31. The van der Waals surface area contributed by atoms with Crippen molar-refractivity contribution in [2.24, 2.45) is 0 Å². The zero-order valence-corrected chi connectivity index (χ0v) is 14.9. The molecular weight excluding hydrogens is 345 g/mol. The Balaban J connectivity index is 1.85. The van der Waals surface area contributed by atoms with Crippen LogP contribution < -0.4 is 5.32 Å². The van der Waals surface area contributed by atoms with Crippen LogP contribution in [0.1, 0.15) is 13.8 Å². The molecule has 2 heterocycles. The SMILES string of the molecule is CC(C)NC(=O)CSc1ncnc2cc(-c3ccc(F)cc3)sc12. The van der Waals surface area contributed by atoms with E-state index in [1.165, 1.54) is 30.2 Å². The zero-order chi connectivity index (χ0) is 17.1. The molecule has 1 amide bonds. The highest BCUT2D eigenvalue weighted by Gasteiger charge is 2.12. The monoisotopic (exact) mass is 361 g/mol. The summed E-state index contributed by atoms with van der Waals surface area (Å²) in [6, 6.07) is 8.46. The van der Waals surface area contributed by atoms with E-state index in [0.717, 1.165) is 25.7 Å². The van der Waals surface area contributed by atoms with Gasteiger partial charge in [0.2, 0.25) is 5.91 Å². The highest BCUT2D eigenvalue weighted by Crippen LogP contribution is 2.36. The van der Waals surface area contributed by atoms with Crippen molar-refractivity contribution in [2.45, 2.75) is 24.9 Å². The van der Waals surface area contributed by atoms with Crippen molar-refractivity contribution in [3.05, 3.63) is 42.5 Å². The molecule has 0 atom stereocenters. The third kappa shape index (κ3) is 3.91. The summed E-state index contributed by atoms with van der Waals surface area (Å²) < 4.78 is 14.0. The Hall–Kier alpha value is -1.99. The molecule has 0 fully saturated rings. The number of amides is 1. The van der Waals surface area contributed by atoms with Gasteiger partial charge in [0.1, 0.15) is 17.2 Å². The Morgan fingerprint density at radius 2 is 2.04 bits per heavy atom. The van der Waals surface area contributed by atoms with Gasteiger partial charge in [0.05, 0.1) is 16.0 Å². The molecule has 0 radical (unpaired) electrons. The van der Waals surface area contributed by atoms with Crippen LogP contribution in [0.2, 0.25) is 0 Å². The van der Waals surface area contributed by atoms with Crippen molar-refractivity contribution >= 4 is 39.2 Å². The summed E-state index contributed by atoms with van der Waals surface area (Å²) in [6.45, 7) is 3.86. The highest BCUT2D eigenvalue weighted by atomic mass is 32.2. The van der Waals surface area contributed by atoms with Gasteiger partial charge in [-0.05, 0) is 37.6 Å². The molecular formula is C17H16FN3OS2. The third-order valence-electron chi connectivity index (χ3n) is 3.20. The lowest BCUT2D eigenvalue weighted by molar-refractivity contribution is -0.119. The zero-order valence-electron chi connectivity index (χ0n) is 13.2. The number of thioether (sulfide) groups is 1. The number of hydrogen-bond donors (Lipinski definition) is 1. The number of carbonyl (C=O) groups is 1. The second kappa shape index (κ2) is 7.27. The van der Waals surface area contributed by atoms with E-state index < -0.39 is 0 Å². The fourth-order valence-corrected chi connectivity index (χ4v) is 4.20. The van der Waals surface area contributed by atoms with Crippen LogP contribution in [0.15, 0.2) is 41.7 Å². The summed E-state index contributed by atoms with van der Waals surface area (Å²) in [5.74, 6) is 0.0396. The molecule has 0 saturated heterocycles. The summed E-state index contributed by atoms with van der Waals surface area (Å²) in [5, 5.41) is 3.65. The summed E-state index contributed by atoms with van der Waals surface area (Å²) in [7, 11) is 0. The normalized spacial score (nSPS) is 11.2. The van der Waals surface area contributed by atoms with Crippen molar-refractivity contribution in [1.29, 1.82) is 0 Å². The number of carbonyl (C=O) groups excluding carboxylic acids is 1. The van der Waals surface area contributed by atoms with Crippen LogP contribution in [-0.4, -0.2) is 27.7 Å². The number of fused-ring (bicyclic) bond motifs is 1. The second-order valence-electron chi connectivity index (χ2n) is 5.52. The molecule has 3 rings (SSSR count). The van der Waals surface area contributed by atoms with Crippen LogP contribution in [0.25, 0.3) is 20.7 Å². The van der Waals surface area contributed by atoms with Gasteiger partial charge in [-0.1, -0.05) is 23.9 Å². The van der Waals surface area contributed by atoms with E-state index in [4.69, 9.17) is 0 Å². The molecule has 0 aliphatic carbocycles. The van der Waals surface area contributed by atoms with Gasteiger partial charge >= 0.3 is 0 Å². The van der Waals surface area contributed by atoms with Crippen LogP contribution in [0.5, 0.6) is 0 Å². The molecule has 124 valence electrons. The molecule has 0 aliphatic rings. The van der Waals surface area contributed by atoms with Gasteiger partial charge in [0.15, 0.2) is 0 Å². The maximum atomic E-state index is 13.1. The first kappa shape index (κ1) is 16.9. The molecule has 0 saturated carbocycles. The average Bonchev–Trinajstić information content (AvgIpc) is 2.97. The molecule has 1 aromatic carbocycles. The predicted octanol–water partition coefficient (Wildman–Crippen LogP) is 4.11. The molecule has 4 nitrogen and oxygen atoms in total. The Labute approximate surface area is 147 Å². The number of hydrogen-bond acceptors (Lipinski definition) is 5. The predicted molar refractivity (Wildman–Crippen MR) is 96.8 cm³/mol. The number of halogens is 1. The number of aromatic nitrogens is 2. The molecule has 0 aliphatic heterocycles. The minimum Gasteiger partial charge on any atom is -0.353 e. The summed E-state index contributed by atoms with van der Waals surface area (Å²) in [6.07, 6.45) is 1.51. The smallest absolute Gasteiger partial charge is 0.230 e. The molecule has 2 aromatic heterocycles. The number of nitrogens with zero attached hydrogens (tertiary/aromatic N) is 2. The maximum absolute atomic E-state index is 13.1. The minimum absolute atomic E-state index is 0.0166. The van der Waals surface area contributed by atoms with Gasteiger partial charge in [-0.15, -0.1) is 11.3 Å². The molecule has 0 spiro atoms. The van der Waals surface area contributed by atoms with Crippen molar-refractivity contribution in [2.75, 3.05) is 5.75 Å². The summed E-state index contributed by atoms with van der Waals surface area (Å²) >= 11 is 2.95. The molecule has 3 aromatic rings. The van der Waals surface area contributed by atoms with Crippen LogP contribution in [0, 0.1) is 5.82 Å². The molecule has 0 bridgehead atoms. The minimum atomic E-state index is -0.257. The Morgan fingerprint density at radius 1 is 1.29 bits per heavy atom. The van der Waals surface area contributed by atoms with E-state index in [0.29, 0.717) is 5.75 Å². The number of benzene rings is 1. The van der Waals surface area contributed by atoms with Crippen LogP contribution in [0.4, 0.5) is 4.39 Å². The van der Waals surface area contributed by atoms with Gasteiger partial charge in [0.25, 0.3) is 0 Å². The lowest BCUT2D eigenvalue weighted by atomic mass is 10.2. The second-order valence-corrected chi connectivity index (χ2v) is 7.54. The van der Waals surface area contributed by atoms with Crippen LogP contribution in [0.3, 0.4) is 0 Å². The molecule has 1 N–H and O–H groups in total. The van der Waals surface area contributed by atoms with Gasteiger partial charge in [0, 0.05) is 10.9 Å². The van der Waals surface area contributed by atoms with Gasteiger partial charge in [-0.2, -0.15) is 0 Å². The number of thiophene rings is 1. The van der Waals surface area contributed by atoms with E-state index in [2.05, 4.69) is 15.3 Å². The lowest BCUT2D eigenvalue weighted by Gasteiger charge is -2.07. The Bertz CT molecular complexity index is 862. The van der Waals surface area contributed by atoms with Gasteiger partial charge in [-0.25, -0.2) is 14.4 Å². The summed E-state index contributed by atoms with van der Waals surface area (Å²) in [5.41, 5.74) is 1.77. The first-order valence-corrected chi connectivity index (χ1v) is 9.26. The molecule has 24 heavy (non-hydrogen) atoms. The van der Waals surface area contributed by atoms with E-state index in [9.17, 15) is 9.18 Å². The quantitative estimate of drug-likeness (QED) is 0.549. The fraction of sp³-hybridized carbons (Fsp3) is 0.235. The largest absolute Gasteiger partial charge is 0.353 e. The number of rotatable bonds is 5. The van der Waals surface area contributed by atoms with Crippen LogP contribution >= 0.6 is 23.1 Å². The number of nitrogens with one attached hydrogen (secondary N) is 1. The van der Waals surface area contributed by atoms with Crippen molar-refractivity contribution in [1.82, 2.24) is 15.3 Å².